The van der Waals surface area contributed by atoms with Gasteiger partial charge in [-0.05, 0) is 25.7 Å². The van der Waals surface area contributed by atoms with E-state index in [1.807, 2.05) is 6.92 Å². The van der Waals surface area contributed by atoms with Crippen LogP contribution >= 0.6 is 0 Å². The van der Waals surface area contributed by atoms with Crippen molar-refractivity contribution in [1.82, 2.24) is 0 Å². The molecule has 7 nitrogen and oxygen atoms in total. The van der Waals surface area contributed by atoms with Crippen LogP contribution in [0.1, 0.15) is 26.7 Å². The van der Waals surface area contributed by atoms with Crippen LogP contribution in [0.2, 0.25) is 0 Å². The van der Waals surface area contributed by atoms with Gasteiger partial charge in [0.25, 0.3) is 0 Å². The first-order chi connectivity index (χ1) is 12.0. The van der Waals surface area contributed by atoms with Crippen LogP contribution in [-0.2, 0) is 33.2 Å². The maximum Gasteiger partial charge on any atom is 0.158 e. The van der Waals surface area contributed by atoms with Gasteiger partial charge in [-0.2, -0.15) is 0 Å². The lowest BCUT2D eigenvalue weighted by Crippen LogP contribution is -2.61. The molecule has 0 aromatic carbocycles. The van der Waals surface area contributed by atoms with Crippen molar-refractivity contribution >= 4 is 0 Å². The van der Waals surface area contributed by atoms with Gasteiger partial charge in [0.2, 0.25) is 0 Å². The van der Waals surface area contributed by atoms with Gasteiger partial charge >= 0.3 is 0 Å². The number of ether oxygens (including phenoxy) is 7. The zero-order chi connectivity index (χ0) is 18.4. The molecule has 0 aromatic rings. The van der Waals surface area contributed by atoms with Gasteiger partial charge in [-0.15, -0.1) is 0 Å². The van der Waals surface area contributed by atoms with Crippen LogP contribution in [0.25, 0.3) is 0 Å². The summed E-state index contributed by atoms with van der Waals surface area (Å²) in [6, 6.07) is 0. The van der Waals surface area contributed by atoms with Gasteiger partial charge in [-0.1, -0.05) is 6.92 Å². The SMILES string of the molecule is COCC1OC(C)C(OC)C(OC)[C@@H]1O[C@H]1CC[C@H](C)C(COC)O1. The highest BCUT2D eigenvalue weighted by molar-refractivity contribution is 4.94. The van der Waals surface area contributed by atoms with E-state index in [2.05, 4.69) is 6.92 Å². The van der Waals surface area contributed by atoms with Gasteiger partial charge in [-0.25, -0.2) is 0 Å². The summed E-state index contributed by atoms with van der Waals surface area (Å²) in [7, 11) is 6.68. The molecule has 0 N–H and O–H groups in total. The molecule has 2 fully saturated rings. The summed E-state index contributed by atoms with van der Waals surface area (Å²) in [5.41, 5.74) is 0. The Hall–Kier alpha value is -0.280. The molecule has 0 amide bonds. The second kappa shape index (κ2) is 10.2. The normalized spacial score (nSPS) is 42.5. The second-order valence-corrected chi connectivity index (χ2v) is 6.95. The molecular formula is C18H34O7. The molecule has 5 unspecified atom stereocenters. The topological polar surface area (TPSA) is 64.6 Å². The molecule has 8 atom stereocenters. The summed E-state index contributed by atoms with van der Waals surface area (Å²) in [6.45, 7) is 5.15. The number of hydrogen-bond acceptors (Lipinski definition) is 7. The Kier molecular flexibility index (Phi) is 8.54. The average Bonchev–Trinajstić information content (AvgIpc) is 2.60. The lowest BCUT2D eigenvalue weighted by molar-refractivity contribution is -0.305. The van der Waals surface area contributed by atoms with Crippen LogP contribution in [0.3, 0.4) is 0 Å². The van der Waals surface area contributed by atoms with Gasteiger partial charge in [0.05, 0.1) is 25.4 Å². The van der Waals surface area contributed by atoms with E-state index in [4.69, 9.17) is 33.2 Å². The maximum absolute atomic E-state index is 6.32. The molecular weight excluding hydrogens is 328 g/mol. The molecule has 0 radical (unpaired) electrons. The van der Waals surface area contributed by atoms with E-state index in [1.54, 1.807) is 28.4 Å². The highest BCUT2D eigenvalue weighted by atomic mass is 16.7. The Bertz CT molecular complexity index is 380. The molecule has 0 spiro atoms. The second-order valence-electron chi connectivity index (χ2n) is 6.95. The Morgan fingerprint density at radius 1 is 0.760 bits per heavy atom. The molecule has 2 aliphatic rings. The van der Waals surface area contributed by atoms with Crippen molar-refractivity contribution in [3.63, 3.8) is 0 Å². The Labute approximate surface area is 151 Å². The monoisotopic (exact) mass is 362 g/mol. The highest BCUT2D eigenvalue weighted by Gasteiger charge is 2.47. The Balaban J connectivity index is 2.08. The fourth-order valence-electron chi connectivity index (χ4n) is 3.78. The quantitative estimate of drug-likeness (QED) is 0.650. The summed E-state index contributed by atoms with van der Waals surface area (Å²) < 4.78 is 40.4. The lowest BCUT2D eigenvalue weighted by Gasteiger charge is -2.46. The van der Waals surface area contributed by atoms with E-state index in [9.17, 15) is 0 Å². The Morgan fingerprint density at radius 2 is 1.40 bits per heavy atom. The van der Waals surface area contributed by atoms with Crippen molar-refractivity contribution in [2.75, 3.05) is 41.7 Å². The van der Waals surface area contributed by atoms with E-state index in [-0.39, 0.29) is 42.9 Å². The van der Waals surface area contributed by atoms with Crippen LogP contribution < -0.4 is 0 Å². The third kappa shape index (κ3) is 5.13. The van der Waals surface area contributed by atoms with Gasteiger partial charge in [0.15, 0.2) is 6.29 Å². The smallest absolute Gasteiger partial charge is 0.158 e. The first-order valence-electron chi connectivity index (χ1n) is 9.05. The predicted octanol–water partition coefficient (Wildman–Crippen LogP) is 1.62. The van der Waals surface area contributed by atoms with Crippen molar-refractivity contribution in [3.8, 4) is 0 Å². The predicted molar refractivity (Wildman–Crippen MR) is 91.6 cm³/mol. The largest absolute Gasteiger partial charge is 0.382 e. The van der Waals surface area contributed by atoms with Crippen LogP contribution in [0.15, 0.2) is 0 Å². The van der Waals surface area contributed by atoms with Crippen LogP contribution in [0.4, 0.5) is 0 Å². The lowest BCUT2D eigenvalue weighted by atomic mass is 9.94. The van der Waals surface area contributed by atoms with Crippen LogP contribution in [-0.4, -0.2) is 84.6 Å². The minimum Gasteiger partial charge on any atom is -0.382 e. The first-order valence-corrected chi connectivity index (χ1v) is 9.05. The molecule has 0 aromatic heterocycles. The molecule has 2 heterocycles. The molecule has 2 saturated heterocycles. The summed E-state index contributed by atoms with van der Waals surface area (Å²) in [5.74, 6) is 0.446. The molecule has 0 bridgehead atoms. The summed E-state index contributed by atoms with van der Waals surface area (Å²) >= 11 is 0. The molecule has 0 saturated carbocycles. The minimum atomic E-state index is -0.326. The average molecular weight is 362 g/mol. The highest BCUT2D eigenvalue weighted by Crippen LogP contribution is 2.32. The van der Waals surface area contributed by atoms with E-state index < -0.39 is 0 Å². The van der Waals surface area contributed by atoms with Gasteiger partial charge in [-0.3, -0.25) is 0 Å². The van der Waals surface area contributed by atoms with E-state index in [0.29, 0.717) is 19.1 Å². The summed E-state index contributed by atoms with van der Waals surface area (Å²) in [4.78, 5) is 0. The molecule has 148 valence electrons. The molecule has 2 rings (SSSR count). The number of rotatable bonds is 8. The van der Waals surface area contributed by atoms with Crippen molar-refractivity contribution in [2.45, 2.75) is 69.6 Å². The van der Waals surface area contributed by atoms with Crippen LogP contribution in [0.5, 0.6) is 0 Å². The molecule has 7 heteroatoms. The number of hydrogen-bond donors (Lipinski definition) is 0. The van der Waals surface area contributed by atoms with Crippen molar-refractivity contribution in [1.29, 1.82) is 0 Å². The summed E-state index contributed by atoms with van der Waals surface area (Å²) in [6.07, 6.45) is 0.458. The van der Waals surface area contributed by atoms with Crippen molar-refractivity contribution in [3.05, 3.63) is 0 Å². The fraction of sp³-hybridized carbons (Fsp3) is 1.00. The number of methoxy groups -OCH3 is 4. The van der Waals surface area contributed by atoms with E-state index >= 15 is 0 Å². The fourth-order valence-corrected chi connectivity index (χ4v) is 3.78. The van der Waals surface area contributed by atoms with Crippen molar-refractivity contribution < 1.29 is 33.2 Å². The third-order valence-electron chi connectivity index (χ3n) is 5.20. The van der Waals surface area contributed by atoms with Gasteiger partial charge in [0, 0.05) is 28.4 Å². The van der Waals surface area contributed by atoms with E-state index in [1.165, 1.54) is 0 Å². The standard InChI is InChI=1S/C18H34O7/c1-11-7-8-15(24-13(11)9-19-3)25-17-14(10-20-4)23-12(2)16(21-5)18(17)22-6/h11-18H,7-10H2,1-6H3/t11-,12?,13?,14?,15-,16?,17+,18?/m0/s1. The summed E-state index contributed by atoms with van der Waals surface area (Å²) in [5, 5.41) is 0. The molecule has 25 heavy (non-hydrogen) atoms. The molecule has 0 aliphatic carbocycles. The third-order valence-corrected chi connectivity index (χ3v) is 5.20. The zero-order valence-corrected chi connectivity index (χ0v) is 16.3. The molecule has 2 aliphatic heterocycles. The minimum absolute atomic E-state index is 0.0345. The van der Waals surface area contributed by atoms with Crippen molar-refractivity contribution in [2.24, 2.45) is 5.92 Å². The van der Waals surface area contributed by atoms with E-state index in [0.717, 1.165) is 12.8 Å². The van der Waals surface area contributed by atoms with Crippen LogP contribution in [0, 0.1) is 5.92 Å². The zero-order valence-electron chi connectivity index (χ0n) is 16.3. The maximum atomic E-state index is 6.32. The van der Waals surface area contributed by atoms with Gasteiger partial charge < -0.3 is 33.2 Å². The first kappa shape index (κ1) is 21.0. The Morgan fingerprint density at radius 3 is 2.00 bits per heavy atom. The van der Waals surface area contributed by atoms with Gasteiger partial charge in [0.1, 0.15) is 24.4 Å².